The second-order valence-corrected chi connectivity index (χ2v) is 4.30. The zero-order chi connectivity index (χ0) is 13.9. The normalized spacial score (nSPS) is 10.4. The van der Waals surface area contributed by atoms with Crippen LogP contribution in [0.25, 0.3) is 11.0 Å². The summed E-state index contributed by atoms with van der Waals surface area (Å²) in [5, 5.41) is 0. The van der Waals surface area contributed by atoms with Gasteiger partial charge in [0.1, 0.15) is 11.4 Å². The fourth-order valence-corrected chi connectivity index (χ4v) is 1.96. The SMILES string of the molecule is COc1ccc(C(=O)c2cnc3ccccc3n2)cc1. The number of ketones is 1. The summed E-state index contributed by atoms with van der Waals surface area (Å²) >= 11 is 0. The van der Waals surface area contributed by atoms with Crippen LogP contribution in [-0.2, 0) is 0 Å². The third kappa shape index (κ3) is 2.23. The lowest BCUT2D eigenvalue weighted by atomic mass is 10.1. The van der Waals surface area contributed by atoms with Gasteiger partial charge in [0.15, 0.2) is 0 Å². The van der Waals surface area contributed by atoms with Crippen LogP contribution < -0.4 is 4.74 Å². The number of ether oxygens (including phenoxy) is 1. The molecule has 4 heteroatoms. The molecule has 2 aromatic carbocycles. The van der Waals surface area contributed by atoms with Crippen LogP contribution in [0.5, 0.6) is 5.75 Å². The minimum absolute atomic E-state index is 0.147. The molecule has 3 aromatic rings. The Balaban J connectivity index is 1.98. The van der Waals surface area contributed by atoms with Crippen molar-refractivity contribution < 1.29 is 9.53 Å². The smallest absolute Gasteiger partial charge is 0.212 e. The summed E-state index contributed by atoms with van der Waals surface area (Å²) in [6, 6.07) is 14.4. The molecule has 0 bridgehead atoms. The van der Waals surface area contributed by atoms with Crippen molar-refractivity contribution in [1.29, 1.82) is 0 Å². The highest BCUT2D eigenvalue weighted by Crippen LogP contribution is 2.15. The minimum atomic E-state index is -0.147. The van der Waals surface area contributed by atoms with Gasteiger partial charge < -0.3 is 4.74 Å². The summed E-state index contributed by atoms with van der Waals surface area (Å²) in [6.07, 6.45) is 1.51. The number of benzene rings is 2. The van der Waals surface area contributed by atoms with Gasteiger partial charge in [-0.25, -0.2) is 4.98 Å². The second kappa shape index (κ2) is 5.09. The molecule has 0 amide bonds. The van der Waals surface area contributed by atoms with Crippen molar-refractivity contribution in [2.45, 2.75) is 0 Å². The molecule has 0 aliphatic carbocycles. The number of methoxy groups -OCH3 is 1. The number of carbonyl (C=O) groups is 1. The molecule has 98 valence electrons. The van der Waals surface area contributed by atoms with E-state index >= 15 is 0 Å². The van der Waals surface area contributed by atoms with Crippen molar-refractivity contribution in [2.24, 2.45) is 0 Å². The van der Waals surface area contributed by atoms with Gasteiger partial charge >= 0.3 is 0 Å². The van der Waals surface area contributed by atoms with Crippen LogP contribution in [0.15, 0.2) is 54.7 Å². The largest absolute Gasteiger partial charge is 0.497 e. The van der Waals surface area contributed by atoms with Crippen LogP contribution in [0.3, 0.4) is 0 Å². The fraction of sp³-hybridized carbons (Fsp3) is 0.0625. The fourth-order valence-electron chi connectivity index (χ4n) is 1.96. The molecule has 0 unspecified atom stereocenters. The first-order chi connectivity index (χ1) is 9.78. The molecule has 0 saturated heterocycles. The molecule has 0 saturated carbocycles. The Morgan fingerprint density at radius 3 is 2.40 bits per heavy atom. The Kier molecular flexibility index (Phi) is 3.13. The van der Waals surface area contributed by atoms with E-state index in [2.05, 4.69) is 9.97 Å². The molecule has 20 heavy (non-hydrogen) atoms. The standard InChI is InChI=1S/C16H12N2O2/c1-20-12-8-6-11(7-9-12)16(19)15-10-17-13-4-2-3-5-14(13)18-15/h2-10H,1H3. The quantitative estimate of drug-likeness (QED) is 0.682. The minimum Gasteiger partial charge on any atom is -0.497 e. The molecule has 0 spiro atoms. The van der Waals surface area contributed by atoms with Crippen LogP contribution in [0.4, 0.5) is 0 Å². The van der Waals surface area contributed by atoms with E-state index in [9.17, 15) is 4.79 Å². The zero-order valence-electron chi connectivity index (χ0n) is 10.9. The molecule has 0 N–H and O–H groups in total. The summed E-state index contributed by atoms with van der Waals surface area (Å²) < 4.78 is 5.07. The highest BCUT2D eigenvalue weighted by molar-refractivity contribution is 6.08. The van der Waals surface area contributed by atoms with Crippen molar-refractivity contribution in [2.75, 3.05) is 7.11 Å². The van der Waals surface area contributed by atoms with Crippen molar-refractivity contribution in [3.63, 3.8) is 0 Å². The number of fused-ring (bicyclic) bond motifs is 1. The topological polar surface area (TPSA) is 52.1 Å². The first-order valence-electron chi connectivity index (χ1n) is 6.18. The molecule has 0 atom stereocenters. The van der Waals surface area contributed by atoms with E-state index < -0.39 is 0 Å². The Morgan fingerprint density at radius 1 is 1.00 bits per heavy atom. The monoisotopic (exact) mass is 264 g/mol. The molecular formula is C16H12N2O2. The van der Waals surface area contributed by atoms with Gasteiger partial charge in [-0.3, -0.25) is 9.78 Å². The van der Waals surface area contributed by atoms with Gasteiger partial charge in [-0.05, 0) is 36.4 Å². The van der Waals surface area contributed by atoms with E-state index in [1.165, 1.54) is 6.20 Å². The first kappa shape index (κ1) is 12.3. The maximum Gasteiger partial charge on any atom is 0.212 e. The number of rotatable bonds is 3. The van der Waals surface area contributed by atoms with Crippen molar-refractivity contribution >= 4 is 16.8 Å². The number of aromatic nitrogens is 2. The molecule has 3 rings (SSSR count). The number of hydrogen-bond donors (Lipinski definition) is 0. The lowest BCUT2D eigenvalue weighted by Gasteiger charge is -2.03. The lowest BCUT2D eigenvalue weighted by Crippen LogP contribution is -2.05. The molecule has 0 aliphatic heterocycles. The Morgan fingerprint density at radius 2 is 1.70 bits per heavy atom. The van der Waals surface area contributed by atoms with Crippen molar-refractivity contribution in [3.8, 4) is 5.75 Å². The van der Waals surface area contributed by atoms with Crippen molar-refractivity contribution in [1.82, 2.24) is 9.97 Å². The number of carbonyl (C=O) groups excluding carboxylic acids is 1. The number of para-hydroxylation sites is 2. The summed E-state index contributed by atoms with van der Waals surface area (Å²) in [4.78, 5) is 21.0. The predicted molar refractivity (Wildman–Crippen MR) is 76.0 cm³/mol. The summed E-state index contributed by atoms with van der Waals surface area (Å²) in [5.41, 5.74) is 2.40. The molecule has 1 heterocycles. The van der Waals surface area contributed by atoms with Crippen LogP contribution >= 0.6 is 0 Å². The van der Waals surface area contributed by atoms with Gasteiger partial charge in [0.05, 0.1) is 24.3 Å². The first-order valence-corrected chi connectivity index (χ1v) is 6.18. The molecule has 0 radical (unpaired) electrons. The molecule has 0 fully saturated rings. The molecule has 0 aliphatic rings. The number of hydrogen-bond acceptors (Lipinski definition) is 4. The van der Waals surface area contributed by atoms with Gasteiger partial charge in [0.2, 0.25) is 5.78 Å². The van der Waals surface area contributed by atoms with E-state index in [4.69, 9.17) is 4.74 Å². The average molecular weight is 264 g/mol. The second-order valence-electron chi connectivity index (χ2n) is 4.30. The van der Waals surface area contributed by atoms with E-state index in [0.29, 0.717) is 22.5 Å². The van der Waals surface area contributed by atoms with Gasteiger partial charge in [-0.2, -0.15) is 0 Å². The van der Waals surface area contributed by atoms with Gasteiger partial charge in [0.25, 0.3) is 0 Å². The summed E-state index contributed by atoms with van der Waals surface area (Å²) in [6.45, 7) is 0. The molecule has 1 aromatic heterocycles. The van der Waals surface area contributed by atoms with Crippen LogP contribution in [0.2, 0.25) is 0 Å². The van der Waals surface area contributed by atoms with Crippen LogP contribution in [0, 0.1) is 0 Å². The highest BCUT2D eigenvalue weighted by Gasteiger charge is 2.11. The van der Waals surface area contributed by atoms with Gasteiger partial charge in [-0.15, -0.1) is 0 Å². The van der Waals surface area contributed by atoms with Gasteiger partial charge in [0, 0.05) is 5.56 Å². The van der Waals surface area contributed by atoms with Gasteiger partial charge in [-0.1, -0.05) is 12.1 Å². The zero-order valence-corrected chi connectivity index (χ0v) is 10.9. The van der Waals surface area contributed by atoms with Crippen LogP contribution in [0.1, 0.15) is 16.1 Å². The third-order valence-corrected chi connectivity index (χ3v) is 3.03. The Labute approximate surface area is 116 Å². The maximum atomic E-state index is 12.3. The van der Waals surface area contributed by atoms with E-state index in [1.54, 1.807) is 31.4 Å². The van der Waals surface area contributed by atoms with E-state index in [-0.39, 0.29) is 5.78 Å². The van der Waals surface area contributed by atoms with Crippen LogP contribution in [-0.4, -0.2) is 22.9 Å². The lowest BCUT2D eigenvalue weighted by molar-refractivity contribution is 0.103. The average Bonchev–Trinajstić information content (AvgIpc) is 2.54. The van der Waals surface area contributed by atoms with E-state index in [0.717, 1.165) is 5.52 Å². The van der Waals surface area contributed by atoms with E-state index in [1.807, 2.05) is 24.3 Å². The highest BCUT2D eigenvalue weighted by atomic mass is 16.5. The molecular weight excluding hydrogens is 252 g/mol. The third-order valence-electron chi connectivity index (χ3n) is 3.03. The maximum absolute atomic E-state index is 12.3. The van der Waals surface area contributed by atoms with Crippen molar-refractivity contribution in [3.05, 3.63) is 66.0 Å². The number of nitrogens with zero attached hydrogens (tertiary/aromatic N) is 2. The summed E-state index contributed by atoms with van der Waals surface area (Å²) in [7, 11) is 1.59. The Hall–Kier alpha value is -2.75. The Bertz CT molecular complexity index is 767. The summed E-state index contributed by atoms with van der Waals surface area (Å²) in [5.74, 6) is 0.567. The molecule has 4 nitrogen and oxygen atoms in total. The predicted octanol–water partition coefficient (Wildman–Crippen LogP) is 2.87.